The number of benzene rings is 2. The van der Waals surface area contributed by atoms with E-state index in [0.717, 1.165) is 27.8 Å². The molecule has 0 saturated heterocycles. The van der Waals surface area contributed by atoms with Crippen molar-refractivity contribution in [2.45, 2.75) is 6.92 Å². The van der Waals surface area contributed by atoms with E-state index in [-0.39, 0.29) is 18.1 Å². The molecule has 1 aromatic heterocycles. The van der Waals surface area contributed by atoms with E-state index in [0.29, 0.717) is 17.1 Å². The van der Waals surface area contributed by atoms with Crippen molar-refractivity contribution in [2.75, 3.05) is 13.7 Å². The van der Waals surface area contributed by atoms with Crippen LogP contribution in [-0.2, 0) is 7.05 Å². The summed E-state index contributed by atoms with van der Waals surface area (Å²) in [6, 6.07) is 11.1. The summed E-state index contributed by atoms with van der Waals surface area (Å²) in [4.78, 5) is 12.9. The number of rotatable bonds is 4. The average Bonchev–Trinajstić information content (AvgIpc) is 3.17. The van der Waals surface area contributed by atoms with Crippen molar-refractivity contribution in [3.05, 3.63) is 59.0 Å². The van der Waals surface area contributed by atoms with Gasteiger partial charge < -0.3 is 18.8 Å². The molecule has 0 saturated carbocycles. The van der Waals surface area contributed by atoms with Crippen LogP contribution >= 0.6 is 0 Å². The van der Waals surface area contributed by atoms with E-state index in [9.17, 15) is 4.79 Å². The Morgan fingerprint density at radius 2 is 2.07 bits per heavy atom. The van der Waals surface area contributed by atoms with Crippen LogP contribution in [0, 0.1) is 18.3 Å². The van der Waals surface area contributed by atoms with Gasteiger partial charge in [0, 0.05) is 35.8 Å². The quantitative estimate of drug-likeness (QED) is 0.645. The van der Waals surface area contributed by atoms with Gasteiger partial charge in [0.15, 0.2) is 12.4 Å². The van der Waals surface area contributed by atoms with E-state index in [1.807, 2.05) is 49.0 Å². The third kappa shape index (κ3) is 2.87. The molecule has 0 radical (unpaired) electrons. The van der Waals surface area contributed by atoms with E-state index in [1.54, 1.807) is 25.3 Å². The number of ketones is 1. The first-order valence-corrected chi connectivity index (χ1v) is 8.73. The third-order valence-corrected chi connectivity index (χ3v) is 4.76. The lowest BCUT2D eigenvalue weighted by atomic mass is 10.0. The molecular formula is C22H18N2O4. The summed E-state index contributed by atoms with van der Waals surface area (Å²) in [5.74, 6) is 1.78. The van der Waals surface area contributed by atoms with Gasteiger partial charge in [-0.3, -0.25) is 4.79 Å². The molecule has 6 heteroatoms. The second kappa shape index (κ2) is 6.78. The fraction of sp³-hybridized carbons (Fsp3) is 0.182. The highest BCUT2D eigenvalue weighted by Gasteiger charge is 2.30. The van der Waals surface area contributed by atoms with Gasteiger partial charge >= 0.3 is 0 Å². The van der Waals surface area contributed by atoms with Crippen molar-refractivity contribution >= 4 is 22.8 Å². The second-order valence-electron chi connectivity index (χ2n) is 6.58. The maximum Gasteiger partial charge on any atom is 0.232 e. The molecule has 0 spiro atoms. The Morgan fingerprint density at radius 1 is 1.25 bits per heavy atom. The van der Waals surface area contributed by atoms with Gasteiger partial charge in [0.2, 0.25) is 5.78 Å². The van der Waals surface area contributed by atoms with Crippen LogP contribution in [0.3, 0.4) is 0 Å². The molecule has 2 heterocycles. The van der Waals surface area contributed by atoms with Crippen molar-refractivity contribution in [3.8, 4) is 23.3 Å². The highest BCUT2D eigenvalue weighted by molar-refractivity contribution is 6.16. The number of Topliss-reactive ketones (excluding diaryl/α,β-unsaturated/α-hetero) is 1. The average molecular weight is 374 g/mol. The monoisotopic (exact) mass is 374 g/mol. The van der Waals surface area contributed by atoms with Gasteiger partial charge in [0.1, 0.15) is 23.3 Å². The number of fused-ring (bicyclic) bond motifs is 2. The minimum absolute atomic E-state index is 0.0628. The van der Waals surface area contributed by atoms with Crippen molar-refractivity contribution in [2.24, 2.45) is 7.05 Å². The lowest BCUT2D eigenvalue weighted by Gasteiger charge is -2.06. The first-order chi connectivity index (χ1) is 13.5. The third-order valence-electron chi connectivity index (χ3n) is 4.76. The van der Waals surface area contributed by atoms with Crippen molar-refractivity contribution in [1.29, 1.82) is 5.26 Å². The molecule has 1 aliphatic heterocycles. The summed E-state index contributed by atoms with van der Waals surface area (Å²) in [5.41, 5.74) is 3.16. The summed E-state index contributed by atoms with van der Waals surface area (Å²) < 4.78 is 18.5. The standard InChI is InChI=1S/C22H18N2O4/c1-13-8-16(27-7-6-23)11-19-21(13)22(25)20(28-19)9-14-12-24(2)18-5-4-15(26-3)10-17(14)18/h4-5,8-12H,7H2,1-3H3/b20-9-. The maximum atomic E-state index is 12.9. The van der Waals surface area contributed by atoms with Gasteiger partial charge in [-0.2, -0.15) is 5.26 Å². The zero-order valence-corrected chi connectivity index (χ0v) is 15.8. The van der Waals surface area contributed by atoms with Crippen LogP contribution < -0.4 is 14.2 Å². The molecule has 1 aliphatic rings. The second-order valence-corrected chi connectivity index (χ2v) is 6.58. The molecule has 0 bridgehead atoms. The Morgan fingerprint density at radius 3 is 2.82 bits per heavy atom. The molecule has 0 aliphatic carbocycles. The van der Waals surface area contributed by atoms with E-state index in [4.69, 9.17) is 19.5 Å². The SMILES string of the molecule is COc1ccc2c(c1)c(/C=C1\Oc3cc(OCC#N)cc(C)c3C1=O)cn2C. The van der Waals surface area contributed by atoms with Gasteiger partial charge in [-0.05, 0) is 42.8 Å². The van der Waals surface area contributed by atoms with Gasteiger partial charge in [-0.15, -0.1) is 0 Å². The van der Waals surface area contributed by atoms with Crippen LogP contribution in [0.2, 0.25) is 0 Å². The number of carbonyl (C=O) groups is 1. The van der Waals surface area contributed by atoms with Crippen LogP contribution in [0.25, 0.3) is 17.0 Å². The highest BCUT2D eigenvalue weighted by atomic mass is 16.5. The molecule has 6 nitrogen and oxygen atoms in total. The predicted octanol–water partition coefficient (Wildman–Crippen LogP) is 4.01. The van der Waals surface area contributed by atoms with Gasteiger partial charge in [0.05, 0.1) is 12.7 Å². The Kier molecular flexibility index (Phi) is 4.28. The van der Waals surface area contributed by atoms with Crippen LogP contribution in [0.4, 0.5) is 0 Å². The Bertz CT molecular complexity index is 1180. The molecule has 0 fully saturated rings. The first kappa shape index (κ1) is 17.7. The number of hydrogen-bond donors (Lipinski definition) is 0. The number of carbonyl (C=O) groups excluding carboxylic acids is 1. The lowest BCUT2D eigenvalue weighted by Crippen LogP contribution is -2.00. The summed E-state index contributed by atoms with van der Waals surface area (Å²) >= 11 is 0. The fourth-order valence-electron chi connectivity index (χ4n) is 3.46. The lowest BCUT2D eigenvalue weighted by molar-refractivity contribution is 0.101. The highest BCUT2D eigenvalue weighted by Crippen LogP contribution is 2.38. The number of hydrogen-bond acceptors (Lipinski definition) is 5. The zero-order valence-electron chi connectivity index (χ0n) is 15.8. The number of ether oxygens (including phenoxy) is 3. The zero-order chi connectivity index (χ0) is 19.8. The van der Waals surface area contributed by atoms with Crippen LogP contribution in [-0.4, -0.2) is 24.1 Å². The number of aryl methyl sites for hydroxylation is 2. The molecule has 3 aromatic rings. The normalized spacial score (nSPS) is 14.1. The van der Waals surface area contributed by atoms with Crippen LogP contribution in [0.15, 0.2) is 42.3 Å². The Balaban J connectivity index is 1.76. The van der Waals surface area contributed by atoms with Crippen molar-refractivity contribution < 1.29 is 19.0 Å². The molecule has 4 rings (SSSR count). The Labute approximate surface area is 162 Å². The van der Waals surface area contributed by atoms with Gasteiger partial charge in [-0.25, -0.2) is 0 Å². The molecule has 0 N–H and O–H groups in total. The van der Waals surface area contributed by atoms with E-state index < -0.39 is 0 Å². The van der Waals surface area contributed by atoms with Crippen LogP contribution in [0.1, 0.15) is 21.5 Å². The topological polar surface area (TPSA) is 73.5 Å². The van der Waals surface area contributed by atoms with Crippen LogP contribution in [0.5, 0.6) is 17.2 Å². The molecule has 0 unspecified atom stereocenters. The summed E-state index contributed by atoms with van der Waals surface area (Å²) in [6.07, 6.45) is 3.70. The predicted molar refractivity (Wildman–Crippen MR) is 105 cm³/mol. The number of allylic oxidation sites excluding steroid dienone is 1. The molecular weight excluding hydrogens is 356 g/mol. The van der Waals surface area contributed by atoms with E-state index >= 15 is 0 Å². The largest absolute Gasteiger partial charge is 0.497 e. The smallest absolute Gasteiger partial charge is 0.232 e. The van der Waals surface area contributed by atoms with E-state index in [1.165, 1.54) is 0 Å². The summed E-state index contributed by atoms with van der Waals surface area (Å²) in [6.45, 7) is 1.76. The maximum absolute atomic E-state index is 12.9. The molecule has 0 amide bonds. The number of aromatic nitrogens is 1. The minimum Gasteiger partial charge on any atom is -0.497 e. The Hall–Kier alpha value is -3.72. The fourth-order valence-corrected chi connectivity index (χ4v) is 3.46. The summed E-state index contributed by atoms with van der Waals surface area (Å²) in [7, 11) is 3.57. The molecule has 0 atom stereocenters. The van der Waals surface area contributed by atoms with Crippen molar-refractivity contribution in [1.82, 2.24) is 4.57 Å². The summed E-state index contributed by atoms with van der Waals surface area (Å²) in [5, 5.41) is 9.65. The van der Waals surface area contributed by atoms with Crippen molar-refractivity contribution in [3.63, 3.8) is 0 Å². The van der Waals surface area contributed by atoms with Gasteiger partial charge in [-0.1, -0.05) is 0 Å². The molecule has 2 aromatic carbocycles. The van der Waals surface area contributed by atoms with Gasteiger partial charge in [0.25, 0.3) is 0 Å². The van der Waals surface area contributed by atoms with E-state index in [2.05, 4.69) is 0 Å². The number of methoxy groups -OCH3 is 1. The minimum atomic E-state index is -0.167. The number of nitriles is 1. The first-order valence-electron chi connectivity index (χ1n) is 8.73. The molecule has 28 heavy (non-hydrogen) atoms. The number of nitrogens with zero attached hydrogens (tertiary/aromatic N) is 2. The molecule has 140 valence electrons.